The Morgan fingerprint density at radius 3 is 2.23 bits per heavy atom. The standard InChI is InChI=1S/C24H32NO3.ClH.Pd/c1-18(2)22-7-5-8-23(19(3)4)24(22)25-17-20-9-11-21(12-10-20)28-16-15-27-14-6-13-26;;/h5,7-9,11-12,17-19,26H,6,13-16H2,1-4H3;1H;/q-1;;+2/p-1. The maximum absolute atomic E-state index is 8.70. The molecule has 0 radical (unpaired) electrons. The monoisotopic (exact) mass is 523 g/mol. The molecule has 6 heteroatoms. The first-order chi connectivity index (χ1) is 14.5. The zero-order chi connectivity index (χ0) is 22.4. The van der Waals surface area contributed by atoms with Crippen molar-refractivity contribution in [1.82, 2.24) is 0 Å². The molecule has 0 bridgehead atoms. The summed E-state index contributed by atoms with van der Waals surface area (Å²) in [6.45, 7) is 10.5. The average Bonchev–Trinajstić information content (AvgIpc) is 2.76. The van der Waals surface area contributed by atoms with Crippen molar-refractivity contribution in [3.8, 4) is 5.75 Å². The predicted molar refractivity (Wildman–Crippen MR) is 121 cm³/mol. The van der Waals surface area contributed by atoms with E-state index >= 15 is 0 Å². The molecule has 0 amide bonds. The summed E-state index contributed by atoms with van der Waals surface area (Å²) in [7, 11) is 4.49. The summed E-state index contributed by atoms with van der Waals surface area (Å²) in [5, 5.41) is 8.70. The van der Waals surface area contributed by atoms with E-state index in [0.717, 1.165) is 17.0 Å². The summed E-state index contributed by atoms with van der Waals surface area (Å²) in [5.41, 5.74) is 4.52. The number of para-hydroxylation sites is 1. The van der Waals surface area contributed by atoms with Crippen LogP contribution in [0.4, 0.5) is 5.69 Å². The molecule has 0 aromatic heterocycles. The van der Waals surface area contributed by atoms with Crippen LogP contribution in [0.3, 0.4) is 0 Å². The van der Waals surface area contributed by atoms with Crippen LogP contribution in [0.15, 0.2) is 41.4 Å². The Bertz CT molecular complexity index is 722. The minimum atomic E-state index is 0.152. The normalized spacial score (nSPS) is 11.1. The number of aliphatic imine (C=N–C) groups is 1. The molecule has 2 rings (SSSR count). The number of hydrogen-bond acceptors (Lipinski definition) is 4. The molecule has 0 unspecified atom stereocenters. The molecular weight excluding hydrogens is 492 g/mol. The second-order valence-electron chi connectivity index (χ2n) is 7.37. The summed E-state index contributed by atoms with van der Waals surface area (Å²) < 4.78 is 11.0. The molecule has 0 aliphatic carbocycles. The maximum atomic E-state index is 8.70. The molecule has 168 valence electrons. The second kappa shape index (κ2) is 15.6. The van der Waals surface area contributed by atoms with Crippen molar-refractivity contribution in [2.45, 2.75) is 46.0 Å². The fourth-order valence-electron chi connectivity index (χ4n) is 2.87. The average molecular weight is 524 g/mol. The van der Waals surface area contributed by atoms with Gasteiger partial charge in [0.2, 0.25) is 0 Å². The zero-order valence-electron chi connectivity index (χ0n) is 18.1. The van der Waals surface area contributed by atoms with Crippen molar-refractivity contribution in [2.75, 3.05) is 26.4 Å². The summed E-state index contributed by atoms with van der Waals surface area (Å²) >= 11 is 2.22. The van der Waals surface area contributed by atoms with E-state index in [1.54, 1.807) is 0 Å². The van der Waals surface area contributed by atoms with E-state index in [1.807, 2.05) is 24.4 Å². The first-order valence-corrected chi connectivity index (χ1v) is 12.1. The van der Waals surface area contributed by atoms with Crippen LogP contribution in [-0.4, -0.2) is 37.7 Å². The topological polar surface area (TPSA) is 51.0 Å². The molecule has 0 saturated heterocycles. The Hall–Kier alpha value is -1.22. The van der Waals surface area contributed by atoms with Crippen molar-refractivity contribution >= 4 is 21.4 Å². The molecule has 0 saturated carbocycles. The van der Waals surface area contributed by atoms with Gasteiger partial charge in [-0.15, -0.1) is 29.8 Å². The van der Waals surface area contributed by atoms with Crippen LogP contribution in [-0.2, 0) is 22.9 Å². The molecule has 30 heavy (non-hydrogen) atoms. The van der Waals surface area contributed by atoms with E-state index in [4.69, 9.17) is 19.6 Å². The van der Waals surface area contributed by atoms with Crippen molar-refractivity contribution < 1.29 is 32.8 Å². The molecule has 0 fully saturated rings. The summed E-state index contributed by atoms with van der Waals surface area (Å²) in [6, 6.07) is 15.4. The third-order valence-corrected chi connectivity index (χ3v) is 4.43. The van der Waals surface area contributed by atoms with E-state index in [1.165, 1.54) is 11.1 Å². The van der Waals surface area contributed by atoms with Crippen molar-refractivity contribution in [1.29, 1.82) is 0 Å². The molecule has 0 heterocycles. The molecule has 2 aromatic rings. The number of ether oxygens (including phenoxy) is 2. The van der Waals surface area contributed by atoms with E-state index in [9.17, 15) is 0 Å². The van der Waals surface area contributed by atoms with Gasteiger partial charge in [0.05, 0.1) is 18.9 Å². The molecule has 2 aromatic carbocycles. The number of benzene rings is 2. The van der Waals surface area contributed by atoms with Crippen molar-refractivity contribution in [2.24, 2.45) is 4.99 Å². The van der Waals surface area contributed by atoms with E-state index < -0.39 is 0 Å². The van der Waals surface area contributed by atoms with Gasteiger partial charge in [-0.2, -0.15) is 0 Å². The molecule has 0 aliphatic rings. The van der Waals surface area contributed by atoms with Crippen LogP contribution in [0.5, 0.6) is 5.75 Å². The van der Waals surface area contributed by atoms with Gasteiger partial charge < -0.3 is 19.6 Å². The van der Waals surface area contributed by atoms with Crippen LogP contribution in [0.25, 0.3) is 0 Å². The van der Waals surface area contributed by atoms with Gasteiger partial charge in [-0.25, -0.2) is 0 Å². The van der Waals surface area contributed by atoms with Crippen LogP contribution >= 0.6 is 9.53 Å². The Morgan fingerprint density at radius 2 is 1.70 bits per heavy atom. The Morgan fingerprint density at radius 1 is 1.03 bits per heavy atom. The minimum absolute atomic E-state index is 0.152. The van der Waals surface area contributed by atoms with Gasteiger partial charge >= 0.3 is 27.7 Å². The van der Waals surface area contributed by atoms with Crippen LogP contribution in [0.2, 0.25) is 0 Å². The number of rotatable bonds is 11. The Labute approximate surface area is 196 Å². The van der Waals surface area contributed by atoms with Gasteiger partial charge in [0.25, 0.3) is 0 Å². The summed E-state index contributed by atoms with van der Waals surface area (Å²) in [5.74, 6) is 1.60. The molecule has 0 aliphatic heterocycles. The van der Waals surface area contributed by atoms with Crippen molar-refractivity contribution in [3.05, 3.63) is 59.2 Å². The van der Waals surface area contributed by atoms with E-state index in [-0.39, 0.29) is 6.61 Å². The van der Waals surface area contributed by atoms with Gasteiger partial charge in [-0.3, -0.25) is 0 Å². The molecular formula is C24H32ClNO3Pd. The fourth-order valence-corrected chi connectivity index (χ4v) is 2.87. The SMILES string of the molecule is CC(C)c1cccc(C(C)C)c1N=Cc1[c-]cc(OCCOCCCO)cc1.[Cl][Pd+]. The Kier molecular flexibility index (Phi) is 13.9. The van der Waals surface area contributed by atoms with Gasteiger partial charge in [-0.05, 0) is 35.6 Å². The van der Waals surface area contributed by atoms with Crippen molar-refractivity contribution in [3.63, 3.8) is 0 Å². The first-order valence-electron chi connectivity index (χ1n) is 10.1. The molecule has 0 spiro atoms. The molecule has 4 nitrogen and oxygen atoms in total. The summed E-state index contributed by atoms with van der Waals surface area (Å²) in [4.78, 5) is 4.82. The number of nitrogens with zero attached hydrogens (tertiary/aromatic N) is 1. The van der Waals surface area contributed by atoms with E-state index in [0.29, 0.717) is 38.1 Å². The summed E-state index contributed by atoms with van der Waals surface area (Å²) in [6.07, 6.45) is 2.52. The molecule has 1 N–H and O–H groups in total. The van der Waals surface area contributed by atoms with Gasteiger partial charge in [0.15, 0.2) is 0 Å². The molecule has 0 atom stereocenters. The van der Waals surface area contributed by atoms with Gasteiger partial charge in [-0.1, -0.05) is 45.9 Å². The third-order valence-electron chi connectivity index (χ3n) is 4.43. The fraction of sp³-hybridized carbons (Fsp3) is 0.458. The van der Waals surface area contributed by atoms with Gasteiger partial charge in [0.1, 0.15) is 0 Å². The van der Waals surface area contributed by atoms with E-state index in [2.05, 4.69) is 79.7 Å². The number of aliphatic hydroxyl groups is 1. The quantitative estimate of drug-likeness (QED) is 0.171. The zero-order valence-corrected chi connectivity index (χ0v) is 20.4. The van der Waals surface area contributed by atoms with Crippen LogP contribution < -0.4 is 4.74 Å². The Balaban J connectivity index is 0.00000218. The van der Waals surface area contributed by atoms with Gasteiger partial charge in [0, 0.05) is 19.0 Å². The number of halogens is 1. The van der Waals surface area contributed by atoms with Crippen LogP contribution in [0, 0.1) is 6.07 Å². The number of aliphatic hydroxyl groups excluding tert-OH is 1. The number of hydrogen-bond donors (Lipinski definition) is 1. The third kappa shape index (κ3) is 9.29. The predicted octanol–water partition coefficient (Wildman–Crippen LogP) is 5.95. The first kappa shape index (κ1) is 26.8. The second-order valence-corrected chi connectivity index (χ2v) is 7.37. The van der Waals surface area contributed by atoms with Crippen LogP contribution in [0.1, 0.15) is 62.6 Å².